The van der Waals surface area contributed by atoms with Crippen LogP contribution in [0.5, 0.6) is 0 Å². The number of carbonyl (C=O) groups is 1. The van der Waals surface area contributed by atoms with Crippen LogP contribution in [-0.4, -0.2) is 26.3 Å². The Hall–Kier alpha value is -3.17. The number of pyridine rings is 1. The lowest BCUT2D eigenvalue weighted by atomic mass is 10.0. The summed E-state index contributed by atoms with van der Waals surface area (Å²) in [6.45, 7) is 1.20. The van der Waals surface area contributed by atoms with Gasteiger partial charge in [-0.2, -0.15) is 13.2 Å². The number of rotatable bonds is 6. The highest BCUT2D eigenvalue weighted by Gasteiger charge is 2.37. The molecule has 1 amide bonds. The normalized spacial score (nSPS) is 15.0. The van der Waals surface area contributed by atoms with Gasteiger partial charge in [0, 0.05) is 18.2 Å². The first-order valence-corrected chi connectivity index (χ1v) is 8.91. The maximum atomic E-state index is 13.0. The minimum absolute atomic E-state index is 0.138. The van der Waals surface area contributed by atoms with E-state index in [9.17, 15) is 32.9 Å². The molecule has 1 aromatic heterocycles. The maximum absolute atomic E-state index is 13.0. The van der Waals surface area contributed by atoms with Crippen LogP contribution in [0.15, 0.2) is 47.4 Å². The molecule has 0 radical (unpaired) electrons. The van der Waals surface area contributed by atoms with E-state index in [2.05, 4.69) is 0 Å². The molecule has 7 nitrogen and oxygen atoms in total. The van der Waals surface area contributed by atoms with Crippen LogP contribution in [0.3, 0.4) is 0 Å². The van der Waals surface area contributed by atoms with E-state index in [1.165, 1.54) is 17.0 Å². The maximum Gasteiger partial charge on any atom is 0.416 e. The second kappa shape index (κ2) is 7.69. The van der Waals surface area contributed by atoms with Gasteiger partial charge in [0.25, 0.3) is 11.2 Å². The number of hydrogen-bond acceptors (Lipinski definition) is 4. The molecule has 1 aliphatic rings. The molecule has 0 bridgehead atoms. The molecule has 1 unspecified atom stereocenters. The first-order valence-electron chi connectivity index (χ1n) is 8.91. The fraction of sp³-hybridized carbons (Fsp3) is 0.368. The summed E-state index contributed by atoms with van der Waals surface area (Å²) in [5.41, 5.74) is -1.39. The molecular weight excluding hydrogens is 391 g/mol. The highest BCUT2D eigenvalue weighted by Crippen LogP contribution is 2.36. The molecule has 0 N–H and O–H groups in total. The predicted molar refractivity (Wildman–Crippen MR) is 97.1 cm³/mol. The van der Waals surface area contributed by atoms with Gasteiger partial charge in [0.1, 0.15) is 6.54 Å². The van der Waals surface area contributed by atoms with Crippen LogP contribution >= 0.6 is 0 Å². The summed E-state index contributed by atoms with van der Waals surface area (Å²) >= 11 is 0. The Bertz CT molecular complexity index is 999. The minimum atomic E-state index is -4.50. The topological polar surface area (TPSA) is 85.4 Å². The van der Waals surface area contributed by atoms with E-state index >= 15 is 0 Å². The highest BCUT2D eigenvalue weighted by atomic mass is 19.4. The van der Waals surface area contributed by atoms with Crippen molar-refractivity contribution >= 4 is 11.6 Å². The SMILES string of the molecule is CC(c1cccc(C(F)(F)F)c1)N(C(=O)Cn1cc([N+](=O)[O-])ccc1=O)C1CC1. The lowest BCUT2D eigenvalue weighted by Crippen LogP contribution is -2.39. The van der Waals surface area contributed by atoms with Crippen LogP contribution in [0.25, 0.3) is 0 Å². The van der Waals surface area contributed by atoms with E-state index in [1.807, 2.05) is 0 Å². The number of alkyl halides is 3. The van der Waals surface area contributed by atoms with Crippen LogP contribution < -0.4 is 5.56 Å². The molecule has 1 aliphatic carbocycles. The third-order valence-electron chi connectivity index (χ3n) is 4.83. The zero-order valence-electron chi connectivity index (χ0n) is 15.4. The summed E-state index contributed by atoms with van der Waals surface area (Å²) in [5.74, 6) is -0.486. The van der Waals surface area contributed by atoms with E-state index < -0.39 is 40.7 Å². The van der Waals surface area contributed by atoms with Crippen molar-refractivity contribution in [3.8, 4) is 0 Å². The summed E-state index contributed by atoms with van der Waals surface area (Å²) in [6, 6.07) is 6.04. The van der Waals surface area contributed by atoms with Gasteiger partial charge in [-0.25, -0.2) is 0 Å². The van der Waals surface area contributed by atoms with E-state index in [0.717, 1.165) is 35.0 Å². The van der Waals surface area contributed by atoms with Crippen molar-refractivity contribution in [2.24, 2.45) is 0 Å². The molecule has 154 valence electrons. The second-order valence-corrected chi connectivity index (χ2v) is 6.94. The van der Waals surface area contributed by atoms with E-state index in [0.29, 0.717) is 18.4 Å². The summed E-state index contributed by atoms with van der Waals surface area (Å²) < 4.78 is 40.0. The number of nitro groups is 1. The lowest BCUT2D eigenvalue weighted by molar-refractivity contribution is -0.385. The largest absolute Gasteiger partial charge is 0.416 e. The summed E-state index contributed by atoms with van der Waals surface area (Å²) in [6.07, 6.45) is -2.10. The molecule has 1 saturated carbocycles. The quantitative estimate of drug-likeness (QED) is 0.540. The standard InChI is InChI=1S/C19H18F3N3O4/c1-12(13-3-2-4-14(9-13)19(20,21)22)24(15-5-6-15)18(27)11-23-10-16(25(28)29)7-8-17(23)26/h2-4,7-10,12,15H,5-6,11H2,1H3. The number of carbonyl (C=O) groups excluding carboxylic acids is 1. The summed E-state index contributed by atoms with van der Waals surface area (Å²) in [4.78, 5) is 36.6. The predicted octanol–water partition coefficient (Wildman–Crippen LogP) is 3.53. The average molecular weight is 409 g/mol. The molecule has 3 rings (SSSR count). The Kier molecular flexibility index (Phi) is 5.45. The Labute approximate surface area is 163 Å². The van der Waals surface area contributed by atoms with E-state index in [4.69, 9.17) is 0 Å². The number of amides is 1. The number of aromatic nitrogens is 1. The van der Waals surface area contributed by atoms with E-state index in [-0.39, 0.29) is 11.7 Å². The third-order valence-corrected chi connectivity index (χ3v) is 4.83. The zero-order valence-corrected chi connectivity index (χ0v) is 15.4. The van der Waals surface area contributed by atoms with E-state index in [1.54, 1.807) is 6.92 Å². The zero-order chi connectivity index (χ0) is 21.3. The Morgan fingerprint density at radius 2 is 2.00 bits per heavy atom. The Morgan fingerprint density at radius 3 is 2.59 bits per heavy atom. The van der Waals surface area contributed by atoms with Crippen molar-refractivity contribution in [3.05, 3.63) is 74.2 Å². The van der Waals surface area contributed by atoms with Crippen molar-refractivity contribution in [2.75, 3.05) is 0 Å². The van der Waals surface area contributed by atoms with Crippen LogP contribution in [0, 0.1) is 10.1 Å². The second-order valence-electron chi connectivity index (χ2n) is 6.94. The molecule has 2 aromatic rings. The van der Waals surface area contributed by atoms with Crippen molar-refractivity contribution in [3.63, 3.8) is 0 Å². The summed E-state index contributed by atoms with van der Waals surface area (Å²) in [7, 11) is 0. The van der Waals surface area contributed by atoms with Gasteiger partial charge in [-0.1, -0.05) is 12.1 Å². The highest BCUT2D eigenvalue weighted by molar-refractivity contribution is 5.77. The fourth-order valence-electron chi connectivity index (χ4n) is 3.20. The fourth-order valence-corrected chi connectivity index (χ4v) is 3.20. The molecule has 0 saturated heterocycles. The third kappa shape index (κ3) is 4.64. The summed E-state index contributed by atoms with van der Waals surface area (Å²) in [5, 5.41) is 10.9. The van der Waals surface area contributed by atoms with Gasteiger partial charge >= 0.3 is 6.18 Å². The number of nitrogens with zero attached hydrogens (tertiary/aromatic N) is 3. The van der Waals surface area contributed by atoms with Gasteiger partial charge in [0.2, 0.25) is 5.91 Å². The van der Waals surface area contributed by atoms with Gasteiger partial charge in [0.15, 0.2) is 0 Å². The Balaban J connectivity index is 1.87. The molecular formula is C19H18F3N3O4. The first kappa shape index (κ1) is 20.6. The van der Waals surface area contributed by atoms with Crippen LogP contribution in [0.4, 0.5) is 18.9 Å². The Morgan fingerprint density at radius 1 is 1.31 bits per heavy atom. The van der Waals surface area contributed by atoms with Gasteiger partial charge in [-0.3, -0.25) is 24.3 Å². The molecule has 1 heterocycles. The number of hydrogen-bond donors (Lipinski definition) is 0. The van der Waals surface area contributed by atoms with Gasteiger partial charge in [-0.15, -0.1) is 0 Å². The molecule has 0 aliphatic heterocycles. The van der Waals surface area contributed by atoms with Crippen molar-refractivity contribution in [2.45, 2.75) is 44.6 Å². The number of halogens is 3. The van der Waals surface area contributed by atoms with Crippen LogP contribution in [0.1, 0.15) is 36.9 Å². The smallest absolute Gasteiger partial charge is 0.331 e. The average Bonchev–Trinajstić information content (AvgIpc) is 3.47. The monoisotopic (exact) mass is 409 g/mol. The lowest BCUT2D eigenvalue weighted by Gasteiger charge is -2.30. The van der Waals surface area contributed by atoms with Crippen molar-refractivity contribution < 1.29 is 22.9 Å². The molecule has 10 heteroatoms. The van der Waals surface area contributed by atoms with Gasteiger partial charge in [-0.05, 0) is 37.5 Å². The van der Waals surface area contributed by atoms with Gasteiger partial charge in [0.05, 0.1) is 22.7 Å². The van der Waals surface area contributed by atoms with Crippen LogP contribution in [0.2, 0.25) is 0 Å². The molecule has 1 fully saturated rings. The van der Waals surface area contributed by atoms with Crippen molar-refractivity contribution in [1.82, 2.24) is 9.47 Å². The van der Waals surface area contributed by atoms with Crippen molar-refractivity contribution in [1.29, 1.82) is 0 Å². The molecule has 1 atom stereocenters. The number of benzene rings is 1. The first-order chi connectivity index (χ1) is 13.6. The van der Waals surface area contributed by atoms with Gasteiger partial charge < -0.3 is 4.90 Å². The molecule has 1 aromatic carbocycles. The van der Waals surface area contributed by atoms with Crippen LogP contribution in [-0.2, 0) is 17.5 Å². The molecule has 29 heavy (non-hydrogen) atoms. The minimum Gasteiger partial charge on any atom is -0.331 e. The molecule has 0 spiro atoms.